The smallest absolute Gasteiger partial charge is 0.284 e. The van der Waals surface area contributed by atoms with E-state index in [1.807, 2.05) is 0 Å². The van der Waals surface area contributed by atoms with Crippen LogP contribution in [-0.2, 0) is 23.3 Å². The number of rotatable bonds is 8. The summed E-state index contributed by atoms with van der Waals surface area (Å²) < 4.78 is 24.2. The van der Waals surface area contributed by atoms with E-state index in [9.17, 15) is 23.3 Å². The molecule has 0 atom stereocenters. The van der Waals surface area contributed by atoms with Gasteiger partial charge >= 0.3 is 0 Å². The van der Waals surface area contributed by atoms with Crippen molar-refractivity contribution >= 4 is 38.9 Å². The first kappa shape index (κ1) is 22.4. The molecule has 3 aromatic rings. The normalized spacial score (nSPS) is 11.3. The molecular weight excluding hydrogens is 442 g/mol. The van der Waals surface area contributed by atoms with Crippen molar-refractivity contribution in [3.05, 3.63) is 70.0 Å². The Labute approximate surface area is 182 Å². The van der Waals surface area contributed by atoms with Crippen molar-refractivity contribution in [2.24, 2.45) is 7.05 Å². The Kier molecular flexibility index (Phi) is 6.71. The van der Waals surface area contributed by atoms with Gasteiger partial charge in [-0.2, -0.15) is 0 Å². The predicted octanol–water partition coefficient (Wildman–Crippen LogP) is 2.71. The largest absolute Gasteiger partial charge is 0.322 e. The number of carbonyl (C=O) groups is 1. The van der Waals surface area contributed by atoms with Crippen LogP contribution in [0.5, 0.6) is 0 Å². The van der Waals surface area contributed by atoms with E-state index in [0.717, 1.165) is 17.3 Å². The molecular formula is C19H19N5O5S2. The van der Waals surface area contributed by atoms with E-state index >= 15 is 0 Å². The fraction of sp³-hybridized carbons (Fsp3) is 0.211. The van der Waals surface area contributed by atoms with E-state index in [1.54, 1.807) is 35.9 Å². The number of anilines is 1. The topological polar surface area (TPSA) is 137 Å². The van der Waals surface area contributed by atoms with Gasteiger partial charge in [0.1, 0.15) is 16.2 Å². The summed E-state index contributed by atoms with van der Waals surface area (Å²) in [4.78, 5) is 23.9. The zero-order valence-electron chi connectivity index (χ0n) is 16.7. The Morgan fingerprint density at radius 2 is 1.94 bits per heavy atom. The Morgan fingerprint density at radius 1 is 1.23 bits per heavy atom. The van der Waals surface area contributed by atoms with Crippen LogP contribution in [0, 0.1) is 10.1 Å². The Morgan fingerprint density at radius 3 is 2.52 bits per heavy atom. The van der Waals surface area contributed by atoms with Gasteiger partial charge in [-0.05, 0) is 48.0 Å². The van der Waals surface area contributed by atoms with Crippen LogP contribution >= 0.6 is 11.8 Å². The molecule has 1 N–H and O–H groups in total. The highest BCUT2D eigenvalue weighted by Gasteiger charge is 2.20. The lowest BCUT2D eigenvalue weighted by atomic mass is 10.1. The van der Waals surface area contributed by atoms with Crippen LogP contribution in [0.25, 0.3) is 0 Å². The van der Waals surface area contributed by atoms with Crippen molar-refractivity contribution in [2.45, 2.75) is 16.5 Å². The molecule has 0 aliphatic carbocycles. The molecule has 0 unspecified atom stereocenters. The second kappa shape index (κ2) is 9.27. The summed E-state index contributed by atoms with van der Waals surface area (Å²) in [6, 6.07) is 11.0. The second-order valence-corrected chi connectivity index (χ2v) is 10.1. The Hall–Kier alpha value is -3.25. The summed E-state index contributed by atoms with van der Waals surface area (Å²) in [6.07, 6.45) is 3.05. The molecule has 0 aliphatic heterocycles. The second-order valence-electron chi connectivity index (χ2n) is 6.80. The lowest BCUT2D eigenvalue weighted by molar-refractivity contribution is -0.387. The molecule has 0 radical (unpaired) electrons. The van der Waals surface area contributed by atoms with Crippen LogP contribution < -0.4 is 5.32 Å². The highest BCUT2D eigenvalue weighted by atomic mass is 32.2. The summed E-state index contributed by atoms with van der Waals surface area (Å²) in [5.41, 5.74) is 1.24. The maximum absolute atomic E-state index is 12.6. The maximum atomic E-state index is 12.6. The van der Waals surface area contributed by atoms with Crippen LogP contribution in [0.3, 0.4) is 0 Å². The number of carbonyl (C=O) groups excluding carboxylic acids is 1. The number of nitro benzene ring substituents is 1. The third-order valence-electron chi connectivity index (χ3n) is 4.26. The SMILES string of the molecule is Cn1cnnc1Sc1ccc(C(=O)Nc2ccc(CCS(C)(=O)=O)cc2)cc1[N+](=O)[O-]. The molecule has 0 bridgehead atoms. The van der Waals surface area contributed by atoms with Crippen LogP contribution in [0.2, 0.25) is 0 Å². The molecule has 0 spiro atoms. The van der Waals surface area contributed by atoms with Crippen LogP contribution in [0.1, 0.15) is 15.9 Å². The van der Waals surface area contributed by atoms with Crippen LogP contribution in [0.15, 0.2) is 58.8 Å². The summed E-state index contributed by atoms with van der Waals surface area (Å²) in [7, 11) is -1.33. The summed E-state index contributed by atoms with van der Waals surface area (Å²) in [6.45, 7) is 0. The number of aromatic nitrogens is 3. The molecule has 0 saturated carbocycles. The number of sulfone groups is 1. The van der Waals surface area contributed by atoms with Crippen LogP contribution in [0.4, 0.5) is 11.4 Å². The number of hydrogen-bond donors (Lipinski definition) is 1. The van der Waals surface area contributed by atoms with Crippen molar-refractivity contribution in [2.75, 3.05) is 17.3 Å². The Balaban J connectivity index is 1.73. The summed E-state index contributed by atoms with van der Waals surface area (Å²) in [5, 5.41) is 22.3. The van der Waals surface area contributed by atoms with Gasteiger partial charge in [-0.25, -0.2) is 8.42 Å². The predicted molar refractivity (Wildman–Crippen MR) is 116 cm³/mol. The van der Waals surface area contributed by atoms with Crippen molar-refractivity contribution in [1.29, 1.82) is 0 Å². The van der Waals surface area contributed by atoms with Gasteiger partial charge in [0, 0.05) is 30.6 Å². The highest BCUT2D eigenvalue weighted by molar-refractivity contribution is 7.99. The first-order chi connectivity index (χ1) is 14.6. The van der Waals surface area contributed by atoms with Crippen LogP contribution in [-0.4, -0.2) is 46.0 Å². The monoisotopic (exact) mass is 461 g/mol. The van der Waals surface area contributed by atoms with E-state index in [0.29, 0.717) is 22.2 Å². The van der Waals surface area contributed by atoms with Crippen molar-refractivity contribution in [1.82, 2.24) is 14.8 Å². The van der Waals surface area contributed by atoms with Gasteiger partial charge in [0.15, 0.2) is 5.16 Å². The number of hydrogen-bond acceptors (Lipinski definition) is 8. The standard InChI is InChI=1S/C19H19N5O5S2/c1-23-12-20-22-19(23)30-17-8-5-14(11-16(17)24(26)27)18(25)21-15-6-3-13(4-7-15)9-10-31(2,28)29/h3-8,11-12H,9-10H2,1-2H3,(H,21,25). The van der Waals surface area contributed by atoms with Gasteiger partial charge in [-0.1, -0.05) is 12.1 Å². The lowest BCUT2D eigenvalue weighted by Crippen LogP contribution is -2.12. The minimum atomic E-state index is -3.06. The molecule has 31 heavy (non-hydrogen) atoms. The summed E-state index contributed by atoms with van der Waals surface area (Å²) >= 11 is 1.08. The van der Waals surface area contributed by atoms with E-state index in [1.165, 1.54) is 30.8 Å². The minimum absolute atomic E-state index is 0.0427. The van der Waals surface area contributed by atoms with E-state index in [-0.39, 0.29) is 17.0 Å². The summed E-state index contributed by atoms with van der Waals surface area (Å²) in [5.74, 6) is -0.455. The highest BCUT2D eigenvalue weighted by Crippen LogP contribution is 2.34. The molecule has 2 aromatic carbocycles. The first-order valence-electron chi connectivity index (χ1n) is 9.01. The number of aryl methyl sites for hydroxylation is 2. The lowest BCUT2D eigenvalue weighted by Gasteiger charge is -2.08. The third-order valence-corrected chi connectivity index (χ3v) is 6.33. The molecule has 10 nitrogen and oxygen atoms in total. The quantitative estimate of drug-likeness (QED) is 0.399. The molecule has 12 heteroatoms. The number of amides is 1. The fourth-order valence-corrected chi connectivity index (χ4v) is 4.07. The van der Waals surface area contributed by atoms with E-state index in [4.69, 9.17) is 0 Å². The van der Waals surface area contributed by atoms with E-state index in [2.05, 4.69) is 15.5 Å². The Bertz CT molecular complexity index is 1220. The molecule has 162 valence electrons. The first-order valence-corrected chi connectivity index (χ1v) is 11.9. The molecule has 1 heterocycles. The number of nitro groups is 1. The van der Waals surface area contributed by atoms with Crippen molar-refractivity contribution < 1.29 is 18.1 Å². The zero-order valence-corrected chi connectivity index (χ0v) is 18.3. The van der Waals surface area contributed by atoms with Gasteiger partial charge in [-0.3, -0.25) is 14.9 Å². The van der Waals surface area contributed by atoms with Gasteiger partial charge < -0.3 is 9.88 Å². The van der Waals surface area contributed by atoms with Crippen molar-refractivity contribution in [3.63, 3.8) is 0 Å². The number of benzene rings is 2. The zero-order chi connectivity index (χ0) is 22.6. The number of nitrogens with one attached hydrogen (secondary N) is 1. The van der Waals surface area contributed by atoms with E-state index < -0.39 is 20.7 Å². The average molecular weight is 462 g/mol. The van der Waals surface area contributed by atoms with Gasteiger partial charge in [0.25, 0.3) is 11.6 Å². The molecule has 0 aliphatic rings. The third kappa shape index (κ3) is 6.12. The van der Waals surface area contributed by atoms with Gasteiger partial charge in [0.2, 0.25) is 0 Å². The molecule has 0 fully saturated rings. The molecule has 0 saturated heterocycles. The van der Waals surface area contributed by atoms with Gasteiger partial charge in [-0.15, -0.1) is 10.2 Å². The molecule has 1 aromatic heterocycles. The van der Waals surface area contributed by atoms with Gasteiger partial charge in [0.05, 0.1) is 15.6 Å². The van der Waals surface area contributed by atoms with Crippen molar-refractivity contribution in [3.8, 4) is 0 Å². The fourth-order valence-electron chi connectivity index (χ4n) is 2.61. The average Bonchev–Trinajstić information content (AvgIpc) is 3.11. The minimum Gasteiger partial charge on any atom is -0.322 e. The molecule has 3 rings (SSSR count). The maximum Gasteiger partial charge on any atom is 0.284 e. The molecule has 1 amide bonds. The number of nitrogens with zero attached hydrogens (tertiary/aromatic N) is 4.